The number of rotatable bonds is 7. The number of aromatic nitrogens is 2. The first-order valence-corrected chi connectivity index (χ1v) is 9.13. The van der Waals surface area contributed by atoms with E-state index in [0.717, 1.165) is 10.5 Å². The van der Waals surface area contributed by atoms with Gasteiger partial charge < -0.3 is 9.14 Å². The van der Waals surface area contributed by atoms with Crippen LogP contribution in [0.3, 0.4) is 0 Å². The fourth-order valence-electron chi connectivity index (χ4n) is 2.42. The van der Waals surface area contributed by atoms with Gasteiger partial charge in [0.15, 0.2) is 5.78 Å². The zero-order valence-corrected chi connectivity index (χ0v) is 14.7. The monoisotopic (exact) mass is 354 g/mol. The molecule has 0 saturated heterocycles. The molecule has 25 heavy (non-hydrogen) atoms. The summed E-state index contributed by atoms with van der Waals surface area (Å²) in [7, 11) is 0. The number of pyridine rings is 1. The number of imidazole rings is 1. The van der Waals surface area contributed by atoms with Crippen LogP contribution < -0.4 is 0 Å². The van der Waals surface area contributed by atoms with Gasteiger partial charge >= 0.3 is 5.97 Å². The van der Waals surface area contributed by atoms with Crippen molar-refractivity contribution in [2.45, 2.75) is 24.3 Å². The van der Waals surface area contributed by atoms with Gasteiger partial charge in [-0.1, -0.05) is 18.2 Å². The van der Waals surface area contributed by atoms with Gasteiger partial charge in [0.2, 0.25) is 0 Å². The molecule has 0 fully saturated rings. The maximum absolute atomic E-state index is 12.1. The number of fused-ring (bicyclic) bond motifs is 1. The molecule has 0 aliphatic heterocycles. The Morgan fingerprint density at radius 2 is 1.92 bits per heavy atom. The van der Waals surface area contributed by atoms with E-state index in [1.54, 1.807) is 23.9 Å². The van der Waals surface area contributed by atoms with Gasteiger partial charge in [0, 0.05) is 29.3 Å². The number of benzene rings is 1. The fourth-order valence-corrected chi connectivity index (χ4v) is 2.83. The number of ether oxygens (including phenoxy) is 1. The molecule has 0 atom stereocenters. The Bertz CT molecular complexity index is 854. The van der Waals surface area contributed by atoms with Crippen LogP contribution >= 0.6 is 11.8 Å². The lowest BCUT2D eigenvalue weighted by atomic mass is 10.1. The maximum atomic E-state index is 12.1. The van der Waals surface area contributed by atoms with Crippen molar-refractivity contribution in [3.63, 3.8) is 0 Å². The second-order valence-electron chi connectivity index (χ2n) is 5.51. The fraction of sp³-hybridized carbons (Fsp3) is 0.211. The highest BCUT2D eigenvalue weighted by molar-refractivity contribution is 7.98. The first kappa shape index (κ1) is 17.2. The minimum absolute atomic E-state index is 0.0580. The molecule has 0 aliphatic rings. The van der Waals surface area contributed by atoms with E-state index in [-0.39, 0.29) is 25.2 Å². The molecule has 0 aliphatic carbocycles. The molecule has 2 heterocycles. The summed E-state index contributed by atoms with van der Waals surface area (Å²) in [4.78, 5) is 29.4. The van der Waals surface area contributed by atoms with Crippen molar-refractivity contribution in [3.8, 4) is 0 Å². The van der Waals surface area contributed by atoms with Crippen LogP contribution in [0, 0.1) is 0 Å². The maximum Gasteiger partial charge on any atom is 0.306 e. The third-order valence-corrected chi connectivity index (χ3v) is 4.51. The summed E-state index contributed by atoms with van der Waals surface area (Å²) >= 11 is 1.62. The molecule has 0 bridgehead atoms. The van der Waals surface area contributed by atoms with Crippen molar-refractivity contribution in [1.82, 2.24) is 9.38 Å². The van der Waals surface area contributed by atoms with Crippen LogP contribution in [0.25, 0.3) is 5.65 Å². The predicted molar refractivity (Wildman–Crippen MR) is 96.8 cm³/mol. The van der Waals surface area contributed by atoms with Gasteiger partial charge in [-0.2, -0.15) is 0 Å². The Kier molecular flexibility index (Phi) is 5.50. The van der Waals surface area contributed by atoms with E-state index in [4.69, 9.17) is 4.74 Å². The van der Waals surface area contributed by atoms with Gasteiger partial charge in [-0.05, 0) is 30.5 Å². The highest BCUT2D eigenvalue weighted by Gasteiger charge is 2.11. The summed E-state index contributed by atoms with van der Waals surface area (Å²) < 4.78 is 7.08. The summed E-state index contributed by atoms with van der Waals surface area (Å²) in [6, 6.07) is 13.1. The lowest BCUT2D eigenvalue weighted by molar-refractivity contribution is -0.145. The zero-order chi connectivity index (χ0) is 17.6. The summed E-state index contributed by atoms with van der Waals surface area (Å²) in [5, 5.41) is 0. The van der Waals surface area contributed by atoms with Gasteiger partial charge in [-0.15, -0.1) is 11.8 Å². The van der Waals surface area contributed by atoms with Crippen LogP contribution in [0.4, 0.5) is 0 Å². The standard InChI is InChI=1S/C19H18N2O3S/c1-25-16-7-5-14(6-8-16)17(22)9-10-19(23)24-13-15-12-21-11-3-2-4-18(21)20-15/h2-8,11-12H,9-10,13H2,1H3. The van der Waals surface area contributed by atoms with E-state index in [1.807, 2.05) is 53.4 Å². The Morgan fingerprint density at radius 1 is 1.12 bits per heavy atom. The Morgan fingerprint density at radius 3 is 2.64 bits per heavy atom. The first-order valence-electron chi connectivity index (χ1n) is 7.91. The molecule has 0 radical (unpaired) electrons. The molecular weight excluding hydrogens is 336 g/mol. The van der Waals surface area contributed by atoms with Gasteiger partial charge in [0.25, 0.3) is 0 Å². The predicted octanol–water partition coefficient (Wildman–Crippen LogP) is 3.76. The molecule has 128 valence electrons. The molecule has 0 unspecified atom stereocenters. The summed E-state index contributed by atoms with van der Waals surface area (Å²) in [6.45, 7) is 0.108. The quantitative estimate of drug-likeness (QED) is 0.367. The van der Waals surface area contributed by atoms with Crippen LogP contribution in [-0.4, -0.2) is 27.4 Å². The highest BCUT2D eigenvalue weighted by atomic mass is 32.2. The minimum Gasteiger partial charge on any atom is -0.459 e. The Labute approximate surface area is 150 Å². The molecule has 5 nitrogen and oxygen atoms in total. The SMILES string of the molecule is CSc1ccc(C(=O)CCC(=O)OCc2cn3ccccc3n2)cc1. The third kappa shape index (κ3) is 4.48. The van der Waals surface area contributed by atoms with E-state index < -0.39 is 5.97 Å². The number of hydrogen-bond donors (Lipinski definition) is 0. The van der Waals surface area contributed by atoms with E-state index in [1.165, 1.54) is 0 Å². The minimum atomic E-state index is -0.397. The van der Waals surface area contributed by atoms with Crippen LogP contribution in [-0.2, 0) is 16.1 Å². The van der Waals surface area contributed by atoms with E-state index in [0.29, 0.717) is 11.3 Å². The molecule has 3 aromatic rings. The molecule has 0 saturated carbocycles. The van der Waals surface area contributed by atoms with Gasteiger partial charge in [0.05, 0.1) is 12.1 Å². The average Bonchev–Trinajstić information content (AvgIpc) is 3.07. The van der Waals surface area contributed by atoms with Gasteiger partial charge in [-0.3, -0.25) is 9.59 Å². The second kappa shape index (κ2) is 7.98. The number of carbonyl (C=O) groups is 2. The Balaban J connectivity index is 1.47. The van der Waals surface area contributed by atoms with Crippen molar-refractivity contribution in [1.29, 1.82) is 0 Å². The lowest BCUT2D eigenvalue weighted by Gasteiger charge is -2.04. The topological polar surface area (TPSA) is 60.7 Å². The average molecular weight is 354 g/mol. The number of ketones is 1. The first-order chi connectivity index (χ1) is 12.2. The molecule has 2 aromatic heterocycles. The smallest absolute Gasteiger partial charge is 0.306 e. The summed E-state index contributed by atoms with van der Waals surface area (Å²) in [5.41, 5.74) is 2.10. The van der Waals surface area contributed by atoms with E-state index >= 15 is 0 Å². The molecule has 6 heteroatoms. The molecule has 0 spiro atoms. The second-order valence-corrected chi connectivity index (χ2v) is 6.39. The van der Waals surface area contributed by atoms with Crippen LogP contribution in [0.5, 0.6) is 0 Å². The third-order valence-electron chi connectivity index (χ3n) is 3.76. The van der Waals surface area contributed by atoms with Crippen molar-refractivity contribution >= 4 is 29.2 Å². The highest BCUT2D eigenvalue weighted by Crippen LogP contribution is 2.16. The molecule has 0 amide bonds. The Hall–Kier alpha value is -2.60. The van der Waals surface area contributed by atoms with Crippen molar-refractivity contribution < 1.29 is 14.3 Å². The summed E-state index contributed by atoms with van der Waals surface area (Å²) in [6.07, 6.45) is 5.89. The van der Waals surface area contributed by atoms with E-state index in [2.05, 4.69) is 4.98 Å². The number of Topliss-reactive ketones (excluding diaryl/α,β-unsaturated/α-hetero) is 1. The normalized spacial score (nSPS) is 10.8. The van der Waals surface area contributed by atoms with Crippen molar-refractivity contribution in [3.05, 3.63) is 66.1 Å². The molecule has 1 aromatic carbocycles. The summed E-state index contributed by atoms with van der Waals surface area (Å²) in [5.74, 6) is -0.455. The largest absolute Gasteiger partial charge is 0.459 e. The lowest BCUT2D eigenvalue weighted by Crippen LogP contribution is -2.08. The molecule has 3 rings (SSSR count). The van der Waals surface area contributed by atoms with Crippen LogP contribution in [0.2, 0.25) is 0 Å². The number of thioether (sulfide) groups is 1. The molecular formula is C19H18N2O3S. The van der Waals surface area contributed by atoms with Crippen molar-refractivity contribution in [2.75, 3.05) is 6.26 Å². The van der Waals surface area contributed by atoms with E-state index in [9.17, 15) is 9.59 Å². The zero-order valence-electron chi connectivity index (χ0n) is 13.8. The van der Waals surface area contributed by atoms with Crippen LogP contribution in [0.15, 0.2) is 59.8 Å². The van der Waals surface area contributed by atoms with Crippen molar-refractivity contribution in [2.24, 2.45) is 0 Å². The van der Waals surface area contributed by atoms with Gasteiger partial charge in [-0.25, -0.2) is 4.98 Å². The number of esters is 1. The number of nitrogens with zero attached hydrogens (tertiary/aromatic N) is 2. The van der Waals surface area contributed by atoms with Crippen LogP contribution in [0.1, 0.15) is 28.9 Å². The number of hydrogen-bond acceptors (Lipinski definition) is 5. The molecule has 0 N–H and O–H groups in total. The van der Waals surface area contributed by atoms with Gasteiger partial charge in [0.1, 0.15) is 12.3 Å². The number of carbonyl (C=O) groups excluding carboxylic acids is 2.